The second-order valence-corrected chi connectivity index (χ2v) is 7.59. The van der Waals surface area contributed by atoms with Crippen molar-refractivity contribution in [2.45, 2.75) is 12.5 Å². The molecule has 8 heteroatoms. The van der Waals surface area contributed by atoms with Gasteiger partial charge in [-0.25, -0.2) is 4.98 Å². The quantitative estimate of drug-likeness (QED) is 0.804. The molecular formula is C17H21N3O3S2. The van der Waals surface area contributed by atoms with Crippen LogP contribution in [0.5, 0.6) is 11.5 Å². The zero-order valence-corrected chi connectivity index (χ0v) is 15.8. The summed E-state index contributed by atoms with van der Waals surface area (Å²) in [5.41, 5.74) is 1.59. The average Bonchev–Trinajstić information content (AvgIpc) is 3.10. The largest absolute Gasteiger partial charge is 0.497 e. The van der Waals surface area contributed by atoms with Crippen molar-refractivity contribution in [3.8, 4) is 22.8 Å². The number of nitrogens with one attached hydrogen (secondary N) is 2. The number of aromatic nitrogens is 1. The van der Waals surface area contributed by atoms with Gasteiger partial charge in [0, 0.05) is 41.5 Å². The lowest BCUT2D eigenvalue weighted by Crippen LogP contribution is -2.39. The molecule has 1 aliphatic heterocycles. The summed E-state index contributed by atoms with van der Waals surface area (Å²) < 4.78 is 10.7. The van der Waals surface area contributed by atoms with Crippen LogP contribution >= 0.6 is 23.1 Å². The molecular weight excluding hydrogens is 358 g/mol. The van der Waals surface area contributed by atoms with Gasteiger partial charge >= 0.3 is 0 Å². The molecule has 0 radical (unpaired) electrons. The maximum atomic E-state index is 12.2. The van der Waals surface area contributed by atoms with Gasteiger partial charge in [-0.05, 0) is 18.2 Å². The summed E-state index contributed by atoms with van der Waals surface area (Å²) >= 11 is 3.28. The fraction of sp³-hybridized carbons (Fsp3) is 0.412. The van der Waals surface area contributed by atoms with Crippen molar-refractivity contribution in [1.82, 2.24) is 10.3 Å². The van der Waals surface area contributed by atoms with Crippen molar-refractivity contribution >= 4 is 34.1 Å². The number of hydrogen-bond donors (Lipinski definition) is 2. The fourth-order valence-electron chi connectivity index (χ4n) is 2.61. The van der Waals surface area contributed by atoms with Gasteiger partial charge in [0.05, 0.1) is 19.9 Å². The van der Waals surface area contributed by atoms with Gasteiger partial charge in [-0.15, -0.1) is 11.3 Å². The Morgan fingerprint density at radius 3 is 3.00 bits per heavy atom. The maximum absolute atomic E-state index is 12.2. The zero-order valence-electron chi connectivity index (χ0n) is 14.2. The standard InChI is InChI=1S/C17H21N3O3S2/c1-22-12-3-4-15(23-2)13(8-12)14-10-25-17(19-14)20-16(21)7-11-9-24-6-5-18-11/h3-4,8,10-11,18H,5-7,9H2,1-2H3,(H,19,20,21). The molecule has 1 aliphatic rings. The number of nitrogens with zero attached hydrogens (tertiary/aromatic N) is 1. The van der Waals surface area contributed by atoms with E-state index in [2.05, 4.69) is 15.6 Å². The third-order valence-electron chi connectivity index (χ3n) is 3.86. The Kier molecular flexibility index (Phi) is 6.17. The Morgan fingerprint density at radius 1 is 1.40 bits per heavy atom. The van der Waals surface area contributed by atoms with Crippen LogP contribution in [0, 0.1) is 0 Å². The summed E-state index contributed by atoms with van der Waals surface area (Å²) in [6.07, 6.45) is 0.463. The van der Waals surface area contributed by atoms with Crippen LogP contribution in [0.3, 0.4) is 0 Å². The second kappa shape index (κ2) is 8.55. The van der Waals surface area contributed by atoms with Gasteiger partial charge in [0.1, 0.15) is 11.5 Å². The normalized spacial score (nSPS) is 17.1. The molecule has 1 aromatic heterocycles. The molecule has 2 heterocycles. The SMILES string of the molecule is COc1ccc(OC)c(-c2csc(NC(=O)CC3CSCCN3)n2)c1. The van der Waals surface area contributed by atoms with Crippen molar-refractivity contribution < 1.29 is 14.3 Å². The number of anilines is 1. The van der Waals surface area contributed by atoms with E-state index in [1.807, 2.05) is 35.3 Å². The van der Waals surface area contributed by atoms with Gasteiger partial charge in [0.15, 0.2) is 5.13 Å². The van der Waals surface area contributed by atoms with E-state index in [0.29, 0.717) is 17.3 Å². The highest BCUT2D eigenvalue weighted by atomic mass is 32.2. The average molecular weight is 380 g/mol. The lowest BCUT2D eigenvalue weighted by atomic mass is 10.1. The van der Waals surface area contributed by atoms with E-state index >= 15 is 0 Å². The van der Waals surface area contributed by atoms with Crippen LogP contribution in [0.2, 0.25) is 0 Å². The van der Waals surface area contributed by atoms with Gasteiger partial charge in [-0.1, -0.05) is 0 Å². The van der Waals surface area contributed by atoms with Crippen LogP contribution in [0.15, 0.2) is 23.6 Å². The second-order valence-electron chi connectivity index (χ2n) is 5.58. The molecule has 1 fully saturated rings. The van der Waals surface area contributed by atoms with Crippen LogP contribution in [-0.2, 0) is 4.79 Å². The number of carbonyl (C=O) groups excluding carboxylic acids is 1. The third kappa shape index (κ3) is 4.65. The zero-order chi connectivity index (χ0) is 17.6. The highest BCUT2D eigenvalue weighted by Gasteiger charge is 2.18. The Hall–Kier alpha value is -1.77. The minimum Gasteiger partial charge on any atom is -0.497 e. The first-order valence-corrected chi connectivity index (χ1v) is 10.0. The van der Waals surface area contributed by atoms with Gasteiger partial charge in [-0.3, -0.25) is 4.79 Å². The van der Waals surface area contributed by atoms with E-state index in [-0.39, 0.29) is 11.9 Å². The van der Waals surface area contributed by atoms with Crippen molar-refractivity contribution in [1.29, 1.82) is 0 Å². The molecule has 1 saturated heterocycles. The number of carbonyl (C=O) groups is 1. The van der Waals surface area contributed by atoms with Crippen LogP contribution in [0.25, 0.3) is 11.3 Å². The Balaban J connectivity index is 1.68. The number of benzene rings is 1. The molecule has 6 nitrogen and oxygen atoms in total. The number of ether oxygens (including phenoxy) is 2. The van der Waals surface area contributed by atoms with Crippen molar-refractivity contribution in [2.75, 3.05) is 37.6 Å². The molecule has 3 rings (SSSR count). The van der Waals surface area contributed by atoms with Gasteiger partial charge in [-0.2, -0.15) is 11.8 Å². The molecule has 0 bridgehead atoms. The Bertz CT molecular complexity index is 730. The number of hydrogen-bond acceptors (Lipinski definition) is 7. The Labute approximate surface area is 155 Å². The monoisotopic (exact) mass is 379 g/mol. The molecule has 0 aliphatic carbocycles. The topological polar surface area (TPSA) is 72.5 Å². The van der Waals surface area contributed by atoms with Crippen LogP contribution < -0.4 is 20.1 Å². The molecule has 2 N–H and O–H groups in total. The minimum absolute atomic E-state index is 0.0153. The van der Waals surface area contributed by atoms with E-state index in [0.717, 1.165) is 35.1 Å². The third-order valence-corrected chi connectivity index (χ3v) is 5.75. The molecule has 1 amide bonds. The van der Waals surface area contributed by atoms with Crippen molar-refractivity contribution in [2.24, 2.45) is 0 Å². The van der Waals surface area contributed by atoms with Crippen molar-refractivity contribution in [3.63, 3.8) is 0 Å². The summed E-state index contributed by atoms with van der Waals surface area (Å²) in [5.74, 6) is 3.51. The van der Waals surface area contributed by atoms with E-state index in [1.54, 1.807) is 14.2 Å². The predicted molar refractivity (Wildman–Crippen MR) is 103 cm³/mol. The molecule has 1 aromatic carbocycles. The number of methoxy groups -OCH3 is 2. The van der Waals surface area contributed by atoms with Crippen molar-refractivity contribution in [3.05, 3.63) is 23.6 Å². The van der Waals surface area contributed by atoms with E-state index in [4.69, 9.17) is 9.47 Å². The molecule has 0 saturated carbocycles. The summed E-state index contributed by atoms with van der Waals surface area (Å²) in [4.78, 5) is 16.7. The maximum Gasteiger partial charge on any atom is 0.227 e. The summed E-state index contributed by atoms with van der Waals surface area (Å²) in [7, 11) is 3.24. The molecule has 134 valence electrons. The van der Waals surface area contributed by atoms with Gasteiger partial charge < -0.3 is 20.1 Å². The summed E-state index contributed by atoms with van der Waals surface area (Å²) in [6.45, 7) is 0.958. The van der Waals surface area contributed by atoms with Crippen LogP contribution in [0.1, 0.15) is 6.42 Å². The predicted octanol–water partition coefficient (Wildman–Crippen LogP) is 2.86. The van der Waals surface area contributed by atoms with E-state index in [9.17, 15) is 4.79 Å². The highest BCUT2D eigenvalue weighted by molar-refractivity contribution is 7.99. The summed E-state index contributed by atoms with van der Waals surface area (Å²) in [5, 5.41) is 8.75. The first-order chi connectivity index (χ1) is 12.2. The van der Waals surface area contributed by atoms with E-state index < -0.39 is 0 Å². The first-order valence-electron chi connectivity index (χ1n) is 7.98. The number of amides is 1. The molecule has 1 unspecified atom stereocenters. The summed E-state index contributed by atoms with van der Waals surface area (Å²) in [6, 6.07) is 5.80. The van der Waals surface area contributed by atoms with Crippen LogP contribution in [0.4, 0.5) is 5.13 Å². The van der Waals surface area contributed by atoms with Crippen LogP contribution in [-0.4, -0.2) is 49.2 Å². The van der Waals surface area contributed by atoms with Gasteiger partial charge in [0.25, 0.3) is 0 Å². The minimum atomic E-state index is -0.0153. The molecule has 0 spiro atoms. The van der Waals surface area contributed by atoms with Gasteiger partial charge in [0.2, 0.25) is 5.91 Å². The Morgan fingerprint density at radius 2 is 2.28 bits per heavy atom. The lowest BCUT2D eigenvalue weighted by Gasteiger charge is -2.22. The van der Waals surface area contributed by atoms with E-state index in [1.165, 1.54) is 11.3 Å². The number of rotatable bonds is 6. The highest BCUT2D eigenvalue weighted by Crippen LogP contribution is 2.35. The molecule has 1 atom stereocenters. The fourth-order valence-corrected chi connectivity index (χ4v) is 4.29. The molecule has 2 aromatic rings. The smallest absolute Gasteiger partial charge is 0.227 e. The number of thiazole rings is 1. The lowest BCUT2D eigenvalue weighted by molar-refractivity contribution is -0.116. The first kappa shape index (κ1) is 18.0. The molecule has 25 heavy (non-hydrogen) atoms. The number of thioether (sulfide) groups is 1.